The standard InChI is InChI=1S/C18H21F2NO4/c1-23-15-8-13(17(21)18(19,20)11-22)14(9-16(15)24-2)25-10-12-6-4-3-5-7-12/h3-9,17,22H,10-11,21H2,1-2H3/t17-/m1/s1. The van der Waals surface area contributed by atoms with Crippen molar-refractivity contribution in [3.63, 3.8) is 0 Å². The predicted molar refractivity (Wildman–Crippen MR) is 89.3 cm³/mol. The molecule has 5 nitrogen and oxygen atoms in total. The first kappa shape index (κ1) is 19.0. The van der Waals surface area contributed by atoms with Gasteiger partial charge < -0.3 is 25.1 Å². The third kappa shape index (κ3) is 4.37. The van der Waals surface area contributed by atoms with Crippen molar-refractivity contribution >= 4 is 0 Å². The maximum atomic E-state index is 13.9. The number of rotatable bonds is 8. The molecule has 0 aliphatic heterocycles. The Labute approximate surface area is 144 Å². The van der Waals surface area contributed by atoms with Gasteiger partial charge in [-0.1, -0.05) is 30.3 Å². The van der Waals surface area contributed by atoms with Gasteiger partial charge in [0.2, 0.25) is 0 Å². The summed E-state index contributed by atoms with van der Waals surface area (Å²) >= 11 is 0. The van der Waals surface area contributed by atoms with Gasteiger partial charge in [-0.3, -0.25) is 0 Å². The normalized spacial score (nSPS) is 12.6. The molecule has 2 aromatic rings. The van der Waals surface area contributed by atoms with Gasteiger partial charge in [0.25, 0.3) is 5.92 Å². The first-order valence-electron chi connectivity index (χ1n) is 7.59. The minimum atomic E-state index is -3.51. The van der Waals surface area contributed by atoms with Crippen LogP contribution in [-0.4, -0.2) is 31.9 Å². The molecule has 0 radical (unpaired) electrons. The van der Waals surface area contributed by atoms with Crippen LogP contribution in [0.25, 0.3) is 0 Å². The lowest BCUT2D eigenvalue weighted by Crippen LogP contribution is -2.36. The van der Waals surface area contributed by atoms with E-state index in [1.165, 1.54) is 26.4 Å². The Morgan fingerprint density at radius 2 is 1.64 bits per heavy atom. The van der Waals surface area contributed by atoms with Crippen LogP contribution < -0.4 is 19.9 Å². The maximum absolute atomic E-state index is 13.9. The molecule has 7 heteroatoms. The maximum Gasteiger partial charge on any atom is 0.289 e. The summed E-state index contributed by atoms with van der Waals surface area (Å²) in [5.41, 5.74) is 6.57. The van der Waals surface area contributed by atoms with Gasteiger partial charge in [0.1, 0.15) is 25.0 Å². The van der Waals surface area contributed by atoms with Crippen LogP contribution in [0.5, 0.6) is 17.2 Å². The average Bonchev–Trinajstić information content (AvgIpc) is 2.65. The summed E-state index contributed by atoms with van der Waals surface area (Å²) in [5, 5.41) is 8.93. The summed E-state index contributed by atoms with van der Waals surface area (Å²) in [6, 6.07) is 10.3. The Morgan fingerprint density at radius 1 is 1.04 bits per heavy atom. The first-order valence-corrected chi connectivity index (χ1v) is 7.59. The van der Waals surface area contributed by atoms with Crippen molar-refractivity contribution < 1.29 is 28.1 Å². The largest absolute Gasteiger partial charge is 0.493 e. The molecule has 136 valence electrons. The van der Waals surface area contributed by atoms with E-state index >= 15 is 0 Å². The molecule has 0 spiro atoms. The van der Waals surface area contributed by atoms with Crippen LogP contribution in [0.1, 0.15) is 17.2 Å². The molecule has 0 saturated carbocycles. The van der Waals surface area contributed by atoms with E-state index in [9.17, 15) is 8.78 Å². The van der Waals surface area contributed by atoms with E-state index in [1.807, 2.05) is 30.3 Å². The average molecular weight is 353 g/mol. The number of nitrogens with two attached hydrogens (primary N) is 1. The monoisotopic (exact) mass is 353 g/mol. The fraction of sp³-hybridized carbons (Fsp3) is 0.333. The van der Waals surface area contributed by atoms with Crippen molar-refractivity contribution in [3.05, 3.63) is 53.6 Å². The van der Waals surface area contributed by atoms with Gasteiger partial charge in [0, 0.05) is 11.6 Å². The molecular formula is C18H21F2NO4. The van der Waals surface area contributed by atoms with Crippen LogP contribution in [0.4, 0.5) is 8.78 Å². The highest BCUT2D eigenvalue weighted by Crippen LogP contribution is 2.41. The van der Waals surface area contributed by atoms with Crippen LogP contribution in [0.2, 0.25) is 0 Å². The highest BCUT2D eigenvalue weighted by molar-refractivity contribution is 5.52. The number of halogens is 2. The zero-order valence-electron chi connectivity index (χ0n) is 14.0. The Bertz CT molecular complexity index is 695. The van der Waals surface area contributed by atoms with Crippen LogP contribution in [-0.2, 0) is 6.61 Å². The minimum Gasteiger partial charge on any atom is -0.493 e. The lowest BCUT2D eigenvalue weighted by molar-refractivity contribution is -0.0717. The van der Waals surface area contributed by atoms with Crippen LogP contribution in [0.15, 0.2) is 42.5 Å². The lowest BCUT2D eigenvalue weighted by atomic mass is 10.00. The number of aliphatic hydroxyl groups excluding tert-OH is 1. The second-order valence-electron chi connectivity index (χ2n) is 5.42. The highest BCUT2D eigenvalue weighted by atomic mass is 19.3. The van der Waals surface area contributed by atoms with E-state index in [4.69, 9.17) is 25.1 Å². The molecule has 2 rings (SSSR count). The molecule has 0 bridgehead atoms. The molecule has 0 heterocycles. The third-order valence-electron chi connectivity index (χ3n) is 3.75. The summed E-state index contributed by atoms with van der Waals surface area (Å²) in [7, 11) is 2.82. The van der Waals surface area contributed by atoms with Gasteiger partial charge in [-0.2, -0.15) is 0 Å². The van der Waals surface area contributed by atoms with E-state index in [1.54, 1.807) is 0 Å². The van der Waals surface area contributed by atoms with Gasteiger partial charge >= 0.3 is 0 Å². The molecule has 0 aliphatic carbocycles. The molecule has 0 amide bonds. The topological polar surface area (TPSA) is 73.9 Å². The van der Waals surface area contributed by atoms with E-state index in [2.05, 4.69) is 0 Å². The van der Waals surface area contributed by atoms with Gasteiger partial charge in [0.15, 0.2) is 11.5 Å². The Morgan fingerprint density at radius 3 is 2.20 bits per heavy atom. The molecule has 0 saturated heterocycles. The number of hydrogen-bond donors (Lipinski definition) is 2. The fourth-order valence-electron chi connectivity index (χ4n) is 2.31. The van der Waals surface area contributed by atoms with Crippen molar-refractivity contribution in [1.29, 1.82) is 0 Å². The van der Waals surface area contributed by atoms with E-state index in [0.717, 1.165) is 5.56 Å². The lowest BCUT2D eigenvalue weighted by Gasteiger charge is -2.25. The second-order valence-corrected chi connectivity index (χ2v) is 5.42. The number of alkyl halides is 2. The van der Waals surface area contributed by atoms with Gasteiger partial charge in [-0.25, -0.2) is 8.78 Å². The SMILES string of the molecule is COc1cc(OCc2ccccc2)c([C@@H](N)C(F)(F)CO)cc1OC. The zero-order chi connectivity index (χ0) is 18.4. The summed E-state index contributed by atoms with van der Waals surface area (Å²) in [6.45, 7) is -1.21. The van der Waals surface area contributed by atoms with Crippen molar-refractivity contribution in [1.82, 2.24) is 0 Å². The number of aliphatic hydroxyl groups is 1. The Balaban J connectivity index is 2.40. The number of benzene rings is 2. The predicted octanol–water partition coefficient (Wildman–Crippen LogP) is 2.91. The van der Waals surface area contributed by atoms with E-state index in [-0.39, 0.29) is 23.7 Å². The zero-order valence-corrected chi connectivity index (χ0v) is 14.0. The summed E-state index contributed by atoms with van der Waals surface area (Å²) in [5.74, 6) is -2.80. The van der Waals surface area contributed by atoms with E-state index in [0.29, 0.717) is 5.75 Å². The van der Waals surface area contributed by atoms with Crippen molar-refractivity contribution in [2.45, 2.75) is 18.6 Å². The van der Waals surface area contributed by atoms with Gasteiger partial charge in [0.05, 0.1) is 14.2 Å². The van der Waals surface area contributed by atoms with Crippen LogP contribution in [0.3, 0.4) is 0 Å². The third-order valence-corrected chi connectivity index (χ3v) is 3.75. The van der Waals surface area contributed by atoms with Crippen molar-refractivity contribution in [2.24, 2.45) is 5.73 Å². The smallest absolute Gasteiger partial charge is 0.289 e. The van der Waals surface area contributed by atoms with Gasteiger partial charge in [-0.05, 0) is 11.6 Å². The fourth-order valence-corrected chi connectivity index (χ4v) is 2.31. The quantitative estimate of drug-likeness (QED) is 0.763. The molecule has 25 heavy (non-hydrogen) atoms. The highest BCUT2D eigenvalue weighted by Gasteiger charge is 2.39. The molecular weight excluding hydrogens is 332 g/mol. The second kappa shape index (κ2) is 8.13. The number of hydrogen-bond acceptors (Lipinski definition) is 5. The van der Waals surface area contributed by atoms with Crippen LogP contribution >= 0.6 is 0 Å². The van der Waals surface area contributed by atoms with Crippen molar-refractivity contribution in [2.75, 3.05) is 20.8 Å². The Hall–Kier alpha value is -2.38. The minimum absolute atomic E-state index is 0.0210. The molecule has 0 fully saturated rings. The first-order chi connectivity index (χ1) is 11.9. The Kier molecular flexibility index (Phi) is 6.17. The number of methoxy groups -OCH3 is 2. The number of ether oxygens (including phenoxy) is 3. The van der Waals surface area contributed by atoms with E-state index < -0.39 is 18.6 Å². The van der Waals surface area contributed by atoms with Gasteiger partial charge in [-0.15, -0.1) is 0 Å². The van der Waals surface area contributed by atoms with Crippen LogP contribution in [0, 0.1) is 0 Å². The molecule has 2 aromatic carbocycles. The summed E-state index contributed by atoms with van der Waals surface area (Å²) < 4.78 is 43.8. The summed E-state index contributed by atoms with van der Waals surface area (Å²) in [6.07, 6.45) is 0. The molecule has 0 unspecified atom stereocenters. The molecule has 0 aliphatic rings. The molecule has 0 aromatic heterocycles. The summed E-state index contributed by atoms with van der Waals surface area (Å²) in [4.78, 5) is 0. The van der Waals surface area contributed by atoms with Crippen molar-refractivity contribution in [3.8, 4) is 17.2 Å². The molecule has 1 atom stereocenters. The molecule has 3 N–H and O–H groups in total.